The van der Waals surface area contributed by atoms with Gasteiger partial charge in [-0.1, -0.05) is 48.5 Å². The average molecular weight is 629 g/mol. The molecule has 10 heteroatoms. The van der Waals surface area contributed by atoms with Crippen LogP contribution in [0.15, 0.2) is 60.8 Å². The van der Waals surface area contributed by atoms with Gasteiger partial charge >= 0.3 is 12.1 Å². The van der Waals surface area contributed by atoms with E-state index in [0.717, 1.165) is 59.5 Å². The van der Waals surface area contributed by atoms with E-state index in [4.69, 9.17) is 9.84 Å². The highest BCUT2D eigenvalue weighted by atomic mass is 16.6. The summed E-state index contributed by atoms with van der Waals surface area (Å²) in [5.41, 5.74) is 1.39. The van der Waals surface area contributed by atoms with Crippen LogP contribution in [0.1, 0.15) is 63.0 Å². The number of nitrogens with one attached hydrogen (secondary N) is 4. The zero-order valence-electron chi connectivity index (χ0n) is 26.3. The predicted octanol–water partition coefficient (Wildman–Crippen LogP) is 4.73. The quantitative estimate of drug-likeness (QED) is 0.185. The summed E-state index contributed by atoms with van der Waals surface area (Å²) in [6.45, 7) is 1.81. The Morgan fingerprint density at radius 1 is 0.935 bits per heavy atom. The topological polar surface area (TPSA) is 150 Å². The van der Waals surface area contributed by atoms with Crippen molar-refractivity contribution in [3.63, 3.8) is 0 Å². The molecule has 4 bridgehead atoms. The number of carboxylic acid groups (broad SMARTS) is 1. The molecule has 1 aromatic heterocycles. The van der Waals surface area contributed by atoms with Crippen molar-refractivity contribution in [3.8, 4) is 0 Å². The summed E-state index contributed by atoms with van der Waals surface area (Å²) in [6.07, 6.45) is 7.10. The van der Waals surface area contributed by atoms with Gasteiger partial charge in [0, 0.05) is 36.5 Å². The van der Waals surface area contributed by atoms with Gasteiger partial charge in [-0.25, -0.2) is 4.79 Å². The molecule has 1 heterocycles. The Labute approximate surface area is 269 Å². The van der Waals surface area contributed by atoms with E-state index < -0.39 is 35.5 Å². The molecule has 0 saturated heterocycles. The summed E-state index contributed by atoms with van der Waals surface area (Å²) in [6, 6.07) is 16.9. The number of rotatable bonds is 13. The number of H-pyrrole nitrogens is 1. The maximum Gasteiger partial charge on any atom is 0.408 e. The SMILES string of the molecule is CC(Cc1c[nH]c2ccccc12)(NC(=O)OC1C2CC3CC(C2)CC1C3)C(=O)N[C@H](CNC(=O)CCC(=O)O)Cc1ccccc1. The molecule has 4 aliphatic carbocycles. The van der Waals surface area contributed by atoms with Gasteiger partial charge in [-0.05, 0) is 86.3 Å². The van der Waals surface area contributed by atoms with E-state index in [1.54, 1.807) is 6.92 Å². The fraction of sp³-hybridized carbons (Fsp3) is 0.500. The number of carboxylic acids is 1. The Hall–Kier alpha value is -4.34. The summed E-state index contributed by atoms with van der Waals surface area (Å²) in [4.78, 5) is 54.5. The Balaban J connectivity index is 1.20. The molecule has 244 valence electrons. The largest absolute Gasteiger partial charge is 0.481 e. The molecule has 1 unspecified atom stereocenters. The first-order chi connectivity index (χ1) is 22.1. The zero-order valence-corrected chi connectivity index (χ0v) is 26.3. The first-order valence-corrected chi connectivity index (χ1v) is 16.5. The van der Waals surface area contributed by atoms with E-state index in [9.17, 15) is 19.2 Å². The van der Waals surface area contributed by atoms with Gasteiger partial charge < -0.3 is 30.8 Å². The smallest absolute Gasteiger partial charge is 0.408 e. The van der Waals surface area contributed by atoms with E-state index >= 15 is 0 Å². The molecule has 10 nitrogen and oxygen atoms in total. The molecule has 2 aromatic carbocycles. The Morgan fingerprint density at radius 2 is 1.61 bits per heavy atom. The third-order valence-corrected chi connectivity index (χ3v) is 10.3. The van der Waals surface area contributed by atoms with Crippen molar-refractivity contribution in [1.29, 1.82) is 0 Å². The van der Waals surface area contributed by atoms with Crippen LogP contribution in [-0.2, 0) is 32.0 Å². The fourth-order valence-electron chi connectivity index (χ4n) is 8.25. The normalized spacial score (nSPS) is 24.9. The maximum absolute atomic E-state index is 14.3. The van der Waals surface area contributed by atoms with Crippen LogP contribution < -0.4 is 16.0 Å². The number of benzene rings is 2. The first kappa shape index (κ1) is 31.6. The maximum atomic E-state index is 14.3. The highest BCUT2D eigenvalue weighted by Gasteiger charge is 2.50. The van der Waals surface area contributed by atoms with Crippen molar-refractivity contribution in [3.05, 3.63) is 71.9 Å². The molecule has 3 amide bonds. The van der Waals surface area contributed by atoms with Crippen LogP contribution in [0, 0.1) is 23.7 Å². The number of hydrogen-bond acceptors (Lipinski definition) is 5. The fourth-order valence-corrected chi connectivity index (χ4v) is 8.25. The standard InChI is InChI=1S/C36H44N4O6/c1-36(19-27-20-37-30-10-6-5-9-29(27)30,40-35(45)46-33-25-14-23-13-24(16-25)17-26(33)15-23)34(44)39-28(18-22-7-3-2-4-8-22)21-38-31(41)11-12-32(42)43/h2-10,20,23-26,28,33,37H,11-19,21H2,1H3,(H,38,41)(H,39,44)(H,40,45)(H,42,43)/t23?,24?,25?,26?,28-,33?,36?/m0/s1. The average Bonchev–Trinajstić information content (AvgIpc) is 3.43. The number of fused-ring (bicyclic) bond motifs is 1. The van der Waals surface area contributed by atoms with Crippen LogP contribution >= 0.6 is 0 Å². The number of aromatic amines is 1. The van der Waals surface area contributed by atoms with Crippen molar-refractivity contribution < 1.29 is 29.0 Å². The van der Waals surface area contributed by atoms with Gasteiger partial charge in [-0.15, -0.1) is 0 Å². The molecule has 4 saturated carbocycles. The lowest BCUT2D eigenvalue weighted by Gasteiger charge is -2.53. The molecule has 0 spiro atoms. The molecule has 4 aliphatic rings. The van der Waals surface area contributed by atoms with Crippen molar-refractivity contribution >= 4 is 34.8 Å². The van der Waals surface area contributed by atoms with Gasteiger partial charge in [0.1, 0.15) is 11.6 Å². The second-order valence-corrected chi connectivity index (χ2v) is 13.9. The summed E-state index contributed by atoms with van der Waals surface area (Å²) in [5.74, 6) is 0.397. The van der Waals surface area contributed by atoms with Crippen molar-refractivity contribution in [2.24, 2.45) is 23.7 Å². The highest BCUT2D eigenvalue weighted by Crippen LogP contribution is 2.54. The van der Waals surface area contributed by atoms with E-state index in [0.29, 0.717) is 18.3 Å². The van der Waals surface area contributed by atoms with Gasteiger partial charge in [0.25, 0.3) is 0 Å². The summed E-state index contributed by atoms with van der Waals surface area (Å²) < 4.78 is 6.16. The van der Waals surface area contributed by atoms with Crippen molar-refractivity contribution in [1.82, 2.24) is 20.9 Å². The number of aliphatic carboxylic acids is 1. The van der Waals surface area contributed by atoms with E-state index in [1.165, 1.54) is 6.42 Å². The van der Waals surface area contributed by atoms with Crippen LogP contribution in [0.4, 0.5) is 4.79 Å². The van der Waals surface area contributed by atoms with Gasteiger partial charge in [0.2, 0.25) is 11.8 Å². The minimum absolute atomic E-state index is 0.0977. The van der Waals surface area contributed by atoms with Crippen LogP contribution in [0.3, 0.4) is 0 Å². The third-order valence-electron chi connectivity index (χ3n) is 10.3. The number of hydrogen-bond donors (Lipinski definition) is 5. The molecule has 5 N–H and O–H groups in total. The van der Waals surface area contributed by atoms with Gasteiger partial charge in [0.05, 0.1) is 12.5 Å². The lowest BCUT2D eigenvalue weighted by atomic mass is 9.55. The molecule has 3 aromatic rings. The number of aromatic nitrogens is 1. The molecule has 0 radical (unpaired) electrons. The predicted molar refractivity (Wildman–Crippen MR) is 173 cm³/mol. The molecule has 4 fully saturated rings. The lowest BCUT2D eigenvalue weighted by molar-refractivity contribution is -0.138. The van der Waals surface area contributed by atoms with E-state index in [-0.39, 0.29) is 31.9 Å². The number of alkyl carbamates (subject to hydrolysis) is 1. The molecule has 46 heavy (non-hydrogen) atoms. The number of amides is 3. The Kier molecular flexibility index (Phi) is 9.33. The minimum atomic E-state index is -1.38. The number of para-hydroxylation sites is 1. The van der Waals surface area contributed by atoms with Crippen LogP contribution in [0.2, 0.25) is 0 Å². The van der Waals surface area contributed by atoms with Crippen molar-refractivity contribution in [2.45, 2.75) is 82.4 Å². The molecule has 0 aliphatic heterocycles. The summed E-state index contributed by atoms with van der Waals surface area (Å²) in [7, 11) is 0. The highest BCUT2D eigenvalue weighted by molar-refractivity contribution is 5.92. The summed E-state index contributed by atoms with van der Waals surface area (Å²) >= 11 is 0. The Bertz CT molecular complexity index is 1540. The summed E-state index contributed by atoms with van der Waals surface area (Å²) in [5, 5.41) is 18.8. The Morgan fingerprint density at radius 3 is 2.30 bits per heavy atom. The monoisotopic (exact) mass is 628 g/mol. The molecular formula is C36H44N4O6. The molecule has 7 rings (SSSR count). The second kappa shape index (κ2) is 13.6. The van der Waals surface area contributed by atoms with E-state index in [1.807, 2.05) is 60.8 Å². The zero-order chi connectivity index (χ0) is 32.3. The van der Waals surface area contributed by atoms with Gasteiger partial charge in [-0.3, -0.25) is 14.4 Å². The number of carbonyl (C=O) groups excluding carboxylic acids is 3. The van der Waals surface area contributed by atoms with Crippen molar-refractivity contribution in [2.75, 3.05) is 6.54 Å². The third kappa shape index (κ3) is 7.37. The minimum Gasteiger partial charge on any atom is -0.481 e. The second-order valence-electron chi connectivity index (χ2n) is 13.9. The number of carbonyl (C=O) groups is 4. The number of ether oxygens (including phenoxy) is 1. The van der Waals surface area contributed by atoms with Gasteiger partial charge in [0.15, 0.2) is 0 Å². The molecular weight excluding hydrogens is 584 g/mol. The van der Waals surface area contributed by atoms with Crippen LogP contribution in [-0.4, -0.2) is 58.2 Å². The lowest BCUT2D eigenvalue weighted by Crippen LogP contribution is -2.62. The van der Waals surface area contributed by atoms with Crippen LogP contribution in [0.5, 0.6) is 0 Å². The van der Waals surface area contributed by atoms with Crippen LogP contribution in [0.25, 0.3) is 10.9 Å². The van der Waals surface area contributed by atoms with Gasteiger partial charge in [-0.2, -0.15) is 0 Å². The van der Waals surface area contributed by atoms with E-state index in [2.05, 4.69) is 20.9 Å². The molecule has 2 atom stereocenters. The first-order valence-electron chi connectivity index (χ1n) is 16.5.